The van der Waals surface area contributed by atoms with E-state index in [1.165, 1.54) is 19.1 Å². The van der Waals surface area contributed by atoms with E-state index in [0.29, 0.717) is 4.47 Å². The van der Waals surface area contributed by atoms with E-state index >= 15 is 0 Å². The van der Waals surface area contributed by atoms with Crippen LogP contribution in [0.15, 0.2) is 53.0 Å². The Labute approximate surface area is 194 Å². The molecule has 0 spiro atoms. The number of nitrogens with zero attached hydrogens (tertiary/aromatic N) is 1. The molecule has 2 aromatic rings. The molecule has 3 rings (SSSR count). The van der Waals surface area contributed by atoms with Gasteiger partial charge in [0, 0.05) is 22.9 Å². The fourth-order valence-corrected chi connectivity index (χ4v) is 6.50. The number of carbonyl (C=O) groups is 1. The summed E-state index contributed by atoms with van der Waals surface area (Å²) in [5.41, 5.74) is -1.02. The van der Waals surface area contributed by atoms with Crippen LogP contribution in [0.25, 0.3) is 0 Å². The molecule has 10 heteroatoms. The molecule has 7 nitrogen and oxygen atoms in total. The zero-order chi connectivity index (χ0) is 23.6. The van der Waals surface area contributed by atoms with Gasteiger partial charge in [0.25, 0.3) is 0 Å². The number of nitrogens with one attached hydrogen (secondary N) is 1. The number of hydrogen-bond acceptors (Lipinski definition) is 5. The van der Waals surface area contributed by atoms with E-state index in [4.69, 9.17) is 4.74 Å². The first kappa shape index (κ1) is 24.2. The largest absolute Gasteiger partial charge is 0.465 e. The van der Waals surface area contributed by atoms with Crippen LogP contribution < -0.4 is 5.32 Å². The van der Waals surface area contributed by atoms with E-state index < -0.39 is 43.9 Å². The lowest BCUT2D eigenvalue weighted by Gasteiger charge is -2.43. The highest BCUT2D eigenvalue weighted by molar-refractivity contribution is 9.10. The molecule has 1 fully saturated rings. The highest BCUT2D eigenvalue weighted by Crippen LogP contribution is 2.44. The highest BCUT2D eigenvalue weighted by atomic mass is 79.9. The van der Waals surface area contributed by atoms with Crippen molar-refractivity contribution in [2.75, 3.05) is 5.75 Å². The Morgan fingerprint density at radius 2 is 2.00 bits per heavy atom. The van der Waals surface area contributed by atoms with E-state index in [1.807, 2.05) is 36.4 Å². The molecular weight excluding hydrogens is 503 g/mol. The van der Waals surface area contributed by atoms with E-state index in [-0.39, 0.29) is 25.0 Å². The number of rotatable bonds is 8. The predicted octanol–water partition coefficient (Wildman–Crippen LogP) is 4.13. The third-order valence-corrected chi connectivity index (χ3v) is 8.69. The number of sulfone groups is 1. The first-order valence-electron chi connectivity index (χ1n) is 9.76. The molecule has 1 unspecified atom stereocenters. The Kier molecular flexibility index (Phi) is 6.93. The first-order valence-corrected chi connectivity index (χ1v) is 12.2. The van der Waals surface area contributed by atoms with Crippen LogP contribution >= 0.6 is 15.9 Å². The smallest absolute Gasteiger partial charge is 0.405 e. The molecule has 1 amide bonds. The third kappa shape index (κ3) is 4.95. The summed E-state index contributed by atoms with van der Waals surface area (Å²) in [6.07, 6.45) is -2.01. The maximum Gasteiger partial charge on any atom is 0.405 e. The number of nitriles is 1. The Bertz CT molecular complexity index is 1150. The van der Waals surface area contributed by atoms with Crippen molar-refractivity contribution in [3.05, 3.63) is 69.9 Å². The number of ether oxygens (including phenoxy) is 1. The monoisotopic (exact) mass is 524 g/mol. The van der Waals surface area contributed by atoms with Gasteiger partial charge in [-0.2, -0.15) is 5.26 Å². The number of halogens is 2. The molecule has 1 aliphatic rings. The minimum atomic E-state index is -4.18. The summed E-state index contributed by atoms with van der Waals surface area (Å²) in [6.45, 7) is 1.57. The van der Waals surface area contributed by atoms with Crippen LogP contribution in [-0.2, 0) is 26.7 Å². The summed E-state index contributed by atoms with van der Waals surface area (Å²) in [4.78, 5) is 11.4. The highest BCUT2D eigenvalue weighted by Gasteiger charge is 2.57. The number of carboxylic acid groups (broad SMARTS) is 1. The van der Waals surface area contributed by atoms with Crippen molar-refractivity contribution in [3.63, 3.8) is 0 Å². The fourth-order valence-electron chi connectivity index (χ4n) is 3.85. The quantitative estimate of drug-likeness (QED) is 0.536. The molecule has 0 radical (unpaired) electrons. The SMILES string of the molecule is CC(CS(=O)(=O)C1(C#N)CC(OCc2ccccc2)C1)(NC(=O)O)c1cc(Br)ccc1F. The van der Waals surface area contributed by atoms with Crippen LogP contribution in [0.4, 0.5) is 9.18 Å². The van der Waals surface area contributed by atoms with Crippen molar-refractivity contribution in [1.29, 1.82) is 5.26 Å². The summed E-state index contributed by atoms with van der Waals surface area (Å²) in [7, 11) is -4.18. The van der Waals surface area contributed by atoms with Gasteiger partial charge in [0.15, 0.2) is 14.6 Å². The first-order chi connectivity index (χ1) is 15.0. The van der Waals surface area contributed by atoms with Crippen LogP contribution in [-0.4, -0.2) is 36.2 Å². The minimum absolute atomic E-state index is 0.0389. The van der Waals surface area contributed by atoms with Crippen molar-refractivity contribution in [3.8, 4) is 6.07 Å². The van der Waals surface area contributed by atoms with Crippen LogP contribution in [0.5, 0.6) is 0 Å². The van der Waals surface area contributed by atoms with Crippen molar-refractivity contribution >= 4 is 31.9 Å². The van der Waals surface area contributed by atoms with E-state index in [0.717, 1.165) is 11.6 Å². The molecule has 1 saturated carbocycles. The Hall–Kier alpha value is -2.48. The molecule has 0 aliphatic heterocycles. The number of amides is 1. The third-order valence-electron chi connectivity index (χ3n) is 5.63. The van der Waals surface area contributed by atoms with E-state index in [9.17, 15) is 28.0 Å². The second-order valence-corrected chi connectivity index (χ2v) is 11.3. The van der Waals surface area contributed by atoms with Crippen LogP contribution in [0.2, 0.25) is 0 Å². The van der Waals surface area contributed by atoms with Crippen LogP contribution in [0, 0.1) is 17.1 Å². The van der Waals surface area contributed by atoms with Crippen molar-refractivity contribution in [2.45, 2.75) is 42.8 Å². The molecular formula is C22H22BrFN2O5S. The molecule has 0 bridgehead atoms. The van der Waals surface area contributed by atoms with Gasteiger partial charge in [-0.1, -0.05) is 46.3 Å². The lowest BCUT2D eigenvalue weighted by Crippen LogP contribution is -2.58. The Morgan fingerprint density at radius 1 is 1.34 bits per heavy atom. The second kappa shape index (κ2) is 9.17. The normalized spacial score (nSPS) is 22.2. The Morgan fingerprint density at radius 3 is 2.59 bits per heavy atom. The lowest BCUT2D eigenvalue weighted by atomic mass is 9.82. The van der Waals surface area contributed by atoms with Gasteiger partial charge < -0.3 is 15.2 Å². The van der Waals surface area contributed by atoms with Gasteiger partial charge in [0.1, 0.15) is 5.82 Å². The van der Waals surface area contributed by atoms with Gasteiger partial charge in [0.05, 0.1) is 30.1 Å². The van der Waals surface area contributed by atoms with Crippen molar-refractivity contribution < 1.29 is 27.4 Å². The molecule has 2 N–H and O–H groups in total. The summed E-state index contributed by atoms with van der Waals surface area (Å²) in [5.74, 6) is -1.54. The summed E-state index contributed by atoms with van der Waals surface area (Å²) in [6, 6.07) is 15.1. The van der Waals surface area contributed by atoms with Gasteiger partial charge in [-0.15, -0.1) is 0 Å². The van der Waals surface area contributed by atoms with Crippen molar-refractivity contribution in [2.24, 2.45) is 0 Å². The number of hydrogen-bond donors (Lipinski definition) is 2. The van der Waals surface area contributed by atoms with E-state index in [1.54, 1.807) is 0 Å². The maximum atomic E-state index is 14.6. The minimum Gasteiger partial charge on any atom is -0.465 e. The topological polar surface area (TPSA) is 116 Å². The molecule has 170 valence electrons. The van der Waals surface area contributed by atoms with Gasteiger partial charge in [0.2, 0.25) is 0 Å². The molecule has 1 aliphatic carbocycles. The van der Waals surface area contributed by atoms with Gasteiger partial charge in [-0.05, 0) is 30.7 Å². The fraction of sp³-hybridized carbons (Fsp3) is 0.364. The van der Waals surface area contributed by atoms with Crippen LogP contribution in [0.3, 0.4) is 0 Å². The Balaban J connectivity index is 1.81. The van der Waals surface area contributed by atoms with Crippen LogP contribution in [0.1, 0.15) is 30.9 Å². The van der Waals surface area contributed by atoms with Gasteiger partial charge in [-0.25, -0.2) is 17.6 Å². The van der Waals surface area contributed by atoms with E-state index in [2.05, 4.69) is 21.2 Å². The molecule has 0 heterocycles. The van der Waals surface area contributed by atoms with Gasteiger partial charge >= 0.3 is 6.09 Å². The molecule has 0 aromatic heterocycles. The lowest BCUT2D eigenvalue weighted by molar-refractivity contribution is -0.0193. The average molecular weight is 525 g/mol. The standard InChI is InChI=1S/C22H22BrFN2O5S/c1-21(26-20(27)28,18-9-16(23)7-8-19(18)24)14-32(29,30)22(13-25)10-17(11-22)31-12-15-5-3-2-4-6-15/h2-9,17,26H,10-12,14H2,1H3,(H,27,28). The second-order valence-electron chi connectivity index (χ2n) is 8.08. The van der Waals surface area contributed by atoms with Gasteiger partial charge in [-0.3, -0.25) is 0 Å². The average Bonchev–Trinajstić information content (AvgIpc) is 2.68. The molecule has 2 aromatic carbocycles. The zero-order valence-corrected chi connectivity index (χ0v) is 19.6. The van der Waals surface area contributed by atoms with Crippen molar-refractivity contribution in [1.82, 2.24) is 5.32 Å². The summed E-state index contributed by atoms with van der Waals surface area (Å²) >= 11 is 3.20. The molecule has 1 atom stereocenters. The maximum absolute atomic E-state index is 14.6. The zero-order valence-electron chi connectivity index (χ0n) is 17.2. The number of benzene rings is 2. The summed E-state index contributed by atoms with van der Waals surface area (Å²) in [5, 5.41) is 21.1. The molecule has 32 heavy (non-hydrogen) atoms. The summed E-state index contributed by atoms with van der Waals surface area (Å²) < 4.78 is 45.6. The molecule has 0 saturated heterocycles. The predicted molar refractivity (Wildman–Crippen MR) is 119 cm³/mol.